The van der Waals surface area contributed by atoms with Crippen molar-refractivity contribution in [1.29, 1.82) is 0 Å². The van der Waals surface area contributed by atoms with Crippen LogP contribution in [-0.2, 0) is 0 Å². The fourth-order valence-corrected chi connectivity index (χ4v) is 1.82. The Bertz CT molecular complexity index is 114. The molecule has 0 aromatic heterocycles. The molecule has 1 N–H and O–H groups in total. The number of hydrogen-bond acceptors (Lipinski definition) is 2. The molecule has 0 bridgehead atoms. The third kappa shape index (κ3) is 3.11. The van der Waals surface area contributed by atoms with Crippen LogP contribution in [0.4, 0.5) is 0 Å². The van der Waals surface area contributed by atoms with Crippen LogP contribution < -0.4 is 5.32 Å². The molecule has 0 radical (unpaired) electrons. The minimum Gasteiger partial charge on any atom is -0.302 e. The molecule has 0 aromatic carbocycles. The van der Waals surface area contributed by atoms with Gasteiger partial charge in [-0.15, -0.1) is 0 Å². The predicted molar refractivity (Wildman–Crippen MR) is 53.2 cm³/mol. The van der Waals surface area contributed by atoms with Crippen LogP contribution in [-0.4, -0.2) is 31.2 Å². The van der Waals surface area contributed by atoms with Crippen LogP contribution >= 0.6 is 0 Å². The maximum Gasteiger partial charge on any atom is 0.0594 e. The highest BCUT2D eigenvalue weighted by atomic mass is 15.3. The van der Waals surface area contributed by atoms with Crippen LogP contribution in [0, 0.1) is 0 Å². The van der Waals surface area contributed by atoms with Crippen molar-refractivity contribution >= 4 is 0 Å². The Morgan fingerprint density at radius 3 is 2.92 bits per heavy atom. The van der Waals surface area contributed by atoms with Crippen molar-refractivity contribution in [3.8, 4) is 0 Å². The summed E-state index contributed by atoms with van der Waals surface area (Å²) in [4.78, 5) is 2.44. The highest BCUT2D eigenvalue weighted by molar-refractivity contribution is 4.71. The predicted octanol–water partition coefficient (Wildman–Crippen LogP) is 1.82. The maximum atomic E-state index is 3.55. The summed E-state index contributed by atoms with van der Waals surface area (Å²) in [7, 11) is 2.22. The molecule has 0 saturated carbocycles. The molecule has 0 aliphatic carbocycles. The molecule has 2 heteroatoms. The minimum atomic E-state index is 0.658. The second-order valence-electron chi connectivity index (χ2n) is 3.80. The number of hydrogen-bond donors (Lipinski definition) is 1. The molecule has 1 rings (SSSR count). The van der Waals surface area contributed by atoms with Gasteiger partial charge in [0.15, 0.2) is 0 Å². The van der Waals surface area contributed by atoms with E-state index in [2.05, 4.69) is 24.2 Å². The van der Waals surface area contributed by atoms with E-state index in [0.29, 0.717) is 6.17 Å². The van der Waals surface area contributed by atoms with Crippen LogP contribution in [0.15, 0.2) is 0 Å². The van der Waals surface area contributed by atoms with E-state index in [9.17, 15) is 0 Å². The van der Waals surface area contributed by atoms with Crippen LogP contribution in [0.1, 0.15) is 39.0 Å². The van der Waals surface area contributed by atoms with Gasteiger partial charge in [0.25, 0.3) is 0 Å². The van der Waals surface area contributed by atoms with Crippen molar-refractivity contribution in [3.05, 3.63) is 0 Å². The first-order valence-corrected chi connectivity index (χ1v) is 5.28. The first-order valence-electron chi connectivity index (χ1n) is 5.28. The van der Waals surface area contributed by atoms with Crippen molar-refractivity contribution in [2.45, 2.75) is 45.2 Å². The summed E-state index contributed by atoms with van der Waals surface area (Å²) in [5.41, 5.74) is 0. The van der Waals surface area contributed by atoms with Gasteiger partial charge < -0.3 is 5.32 Å². The molecule has 1 saturated heterocycles. The lowest BCUT2D eigenvalue weighted by molar-refractivity contribution is 0.153. The van der Waals surface area contributed by atoms with E-state index < -0.39 is 0 Å². The normalized spacial score (nSPS) is 26.0. The molecule has 1 atom stereocenters. The van der Waals surface area contributed by atoms with Crippen LogP contribution in [0.2, 0.25) is 0 Å². The molecule has 1 aliphatic rings. The Hall–Kier alpha value is -0.0800. The highest BCUT2D eigenvalue weighted by Crippen LogP contribution is 2.09. The lowest BCUT2D eigenvalue weighted by Gasteiger charge is -2.33. The Morgan fingerprint density at radius 2 is 2.25 bits per heavy atom. The Kier molecular flexibility index (Phi) is 4.62. The van der Waals surface area contributed by atoms with E-state index in [1.807, 2.05) is 0 Å². The van der Waals surface area contributed by atoms with Gasteiger partial charge in [-0.25, -0.2) is 0 Å². The number of unbranched alkanes of at least 4 members (excludes halogenated alkanes) is 2. The zero-order valence-electron chi connectivity index (χ0n) is 8.47. The summed E-state index contributed by atoms with van der Waals surface area (Å²) in [6.45, 7) is 4.74. The van der Waals surface area contributed by atoms with Crippen LogP contribution in [0.3, 0.4) is 0 Å². The van der Waals surface area contributed by atoms with Crippen molar-refractivity contribution < 1.29 is 0 Å². The summed E-state index contributed by atoms with van der Waals surface area (Å²) in [5, 5.41) is 3.55. The van der Waals surface area contributed by atoms with Crippen LogP contribution in [0.25, 0.3) is 0 Å². The molecule has 0 amide bonds. The average Bonchev–Trinajstić information content (AvgIpc) is 2.09. The largest absolute Gasteiger partial charge is 0.302 e. The standard InChI is InChI=1S/C10H22N2/c1-3-4-5-7-10-11-8-6-9-12(10)2/h10-11H,3-9H2,1-2H3. The molecule has 1 aliphatic heterocycles. The van der Waals surface area contributed by atoms with Gasteiger partial charge in [-0.1, -0.05) is 26.2 Å². The second kappa shape index (κ2) is 5.55. The maximum absolute atomic E-state index is 3.55. The van der Waals surface area contributed by atoms with Crippen molar-refractivity contribution in [2.75, 3.05) is 20.1 Å². The van der Waals surface area contributed by atoms with E-state index in [0.717, 1.165) is 0 Å². The highest BCUT2D eigenvalue weighted by Gasteiger charge is 2.16. The first kappa shape index (κ1) is 10.0. The third-order valence-corrected chi connectivity index (χ3v) is 2.68. The number of nitrogens with zero attached hydrogens (tertiary/aromatic N) is 1. The summed E-state index contributed by atoms with van der Waals surface area (Å²) in [6, 6.07) is 0. The fourth-order valence-electron chi connectivity index (χ4n) is 1.82. The monoisotopic (exact) mass is 170 g/mol. The minimum absolute atomic E-state index is 0.658. The van der Waals surface area contributed by atoms with Crippen molar-refractivity contribution in [2.24, 2.45) is 0 Å². The summed E-state index contributed by atoms with van der Waals surface area (Å²) < 4.78 is 0. The van der Waals surface area contributed by atoms with E-state index >= 15 is 0 Å². The Morgan fingerprint density at radius 1 is 1.42 bits per heavy atom. The Labute approximate surface area is 76.3 Å². The third-order valence-electron chi connectivity index (χ3n) is 2.68. The van der Waals surface area contributed by atoms with Crippen molar-refractivity contribution in [1.82, 2.24) is 10.2 Å². The van der Waals surface area contributed by atoms with Gasteiger partial charge in [0.1, 0.15) is 0 Å². The molecule has 0 aromatic rings. The van der Waals surface area contributed by atoms with Gasteiger partial charge in [-0.2, -0.15) is 0 Å². The lowest BCUT2D eigenvalue weighted by Crippen LogP contribution is -2.49. The SMILES string of the molecule is CCCCCC1NCCCN1C. The second-order valence-corrected chi connectivity index (χ2v) is 3.80. The lowest BCUT2D eigenvalue weighted by atomic mass is 10.1. The van der Waals surface area contributed by atoms with Gasteiger partial charge >= 0.3 is 0 Å². The summed E-state index contributed by atoms with van der Waals surface area (Å²) >= 11 is 0. The molecule has 1 unspecified atom stereocenters. The molecule has 12 heavy (non-hydrogen) atoms. The number of nitrogens with one attached hydrogen (secondary N) is 1. The van der Waals surface area contributed by atoms with Crippen LogP contribution in [0.5, 0.6) is 0 Å². The zero-order valence-corrected chi connectivity index (χ0v) is 8.47. The summed E-state index contributed by atoms with van der Waals surface area (Å²) in [5.74, 6) is 0. The molecule has 2 nitrogen and oxygen atoms in total. The van der Waals surface area contributed by atoms with E-state index in [1.165, 1.54) is 45.2 Å². The Balaban J connectivity index is 2.11. The van der Waals surface area contributed by atoms with E-state index in [4.69, 9.17) is 0 Å². The van der Waals surface area contributed by atoms with Gasteiger partial charge in [0.05, 0.1) is 6.17 Å². The van der Waals surface area contributed by atoms with Crippen molar-refractivity contribution in [3.63, 3.8) is 0 Å². The molecule has 0 spiro atoms. The molecular weight excluding hydrogens is 148 g/mol. The van der Waals surface area contributed by atoms with Gasteiger partial charge in [0, 0.05) is 6.54 Å². The topological polar surface area (TPSA) is 15.3 Å². The zero-order chi connectivity index (χ0) is 8.81. The number of rotatable bonds is 4. The van der Waals surface area contributed by atoms with E-state index in [1.54, 1.807) is 0 Å². The molecule has 72 valence electrons. The molecular formula is C10H22N2. The van der Waals surface area contributed by atoms with Gasteiger partial charge in [-0.05, 0) is 26.4 Å². The fraction of sp³-hybridized carbons (Fsp3) is 1.00. The van der Waals surface area contributed by atoms with E-state index in [-0.39, 0.29) is 0 Å². The molecule has 1 heterocycles. The average molecular weight is 170 g/mol. The quantitative estimate of drug-likeness (QED) is 0.647. The smallest absolute Gasteiger partial charge is 0.0594 e. The molecule has 1 fully saturated rings. The van der Waals surface area contributed by atoms with Gasteiger partial charge in [-0.3, -0.25) is 4.90 Å². The first-order chi connectivity index (χ1) is 5.84. The summed E-state index contributed by atoms with van der Waals surface area (Å²) in [6.07, 6.45) is 7.37. The van der Waals surface area contributed by atoms with Gasteiger partial charge in [0.2, 0.25) is 0 Å².